The molecule has 1 amide bonds. The molecule has 0 spiro atoms. The lowest BCUT2D eigenvalue weighted by Crippen LogP contribution is -2.40. The molecule has 3 rings (SSSR count). The van der Waals surface area contributed by atoms with E-state index in [9.17, 15) is 4.79 Å². The third-order valence-corrected chi connectivity index (χ3v) is 6.18. The average molecular weight is 351 g/mol. The third-order valence-electron chi connectivity index (χ3n) is 4.47. The van der Waals surface area contributed by atoms with Crippen molar-refractivity contribution in [2.24, 2.45) is 5.92 Å². The van der Waals surface area contributed by atoms with E-state index in [1.165, 1.54) is 24.6 Å². The van der Waals surface area contributed by atoms with Gasteiger partial charge < -0.3 is 4.90 Å². The molecule has 23 heavy (non-hydrogen) atoms. The van der Waals surface area contributed by atoms with Crippen LogP contribution in [0.2, 0.25) is 0 Å². The van der Waals surface area contributed by atoms with Gasteiger partial charge in [-0.1, -0.05) is 24.8 Å². The Bertz CT molecular complexity index is 632. The summed E-state index contributed by atoms with van der Waals surface area (Å²) in [5, 5.41) is 9.76. The highest BCUT2D eigenvalue weighted by molar-refractivity contribution is 7.99. The summed E-state index contributed by atoms with van der Waals surface area (Å²) in [6.07, 6.45) is 4.69. The van der Waals surface area contributed by atoms with E-state index in [1.54, 1.807) is 11.3 Å². The normalized spacial score (nSPS) is 21.3. The van der Waals surface area contributed by atoms with Crippen molar-refractivity contribution in [1.82, 2.24) is 20.1 Å². The Kier molecular flexibility index (Phi) is 5.38. The van der Waals surface area contributed by atoms with E-state index in [-0.39, 0.29) is 5.91 Å². The van der Waals surface area contributed by atoms with Crippen LogP contribution in [-0.4, -0.2) is 44.8 Å². The number of aromatic amines is 1. The number of carbonyl (C=O) groups is 1. The highest BCUT2D eigenvalue weighted by atomic mass is 32.2. The molecule has 1 N–H and O–H groups in total. The van der Waals surface area contributed by atoms with Crippen molar-refractivity contribution >= 4 is 29.0 Å². The topological polar surface area (TPSA) is 61.9 Å². The van der Waals surface area contributed by atoms with Crippen LogP contribution < -0.4 is 0 Å². The number of hydrogen-bond acceptors (Lipinski definition) is 5. The fourth-order valence-electron chi connectivity index (χ4n) is 2.90. The van der Waals surface area contributed by atoms with Crippen molar-refractivity contribution < 1.29 is 4.79 Å². The predicted molar refractivity (Wildman–Crippen MR) is 94.6 cm³/mol. The second kappa shape index (κ2) is 7.49. The van der Waals surface area contributed by atoms with Crippen molar-refractivity contribution in [2.45, 2.75) is 43.8 Å². The summed E-state index contributed by atoms with van der Waals surface area (Å²) < 4.78 is 0. The van der Waals surface area contributed by atoms with Crippen LogP contribution in [0.4, 0.5) is 0 Å². The zero-order valence-electron chi connectivity index (χ0n) is 13.5. The van der Waals surface area contributed by atoms with Gasteiger partial charge in [0.05, 0.1) is 10.6 Å². The number of hydrogen-bond donors (Lipinski definition) is 1. The summed E-state index contributed by atoms with van der Waals surface area (Å²) in [7, 11) is 1.93. The summed E-state index contributed by atoms with van der Waals surface area (Å²) in [5.74, 6) is 2.12. The Hall–Kier alpha value is -1.34. The molecule has 1 saturated carbocycles. The van der Waals surface area contributed by atoms with E-state index in [2.05, 4.69) is 22.1 Å². The molecule has 0 saturated heterocycles. The number of carbonyl (C=O) groups excluding carboxylic acids is 1. The van der Waals surface area contributed by atoms with E-state index in [4.69, 9.17) is 0 Å². The van der Waals surface area contributed by atoms with E-state index >= 15 is 0 Å². The number of nitrogens with one attached hydrogen (secondary N) is 1. The molecule has 1 aliphatic rings. The second-order valence-corrected chi connectivity index (χ2v) is 8.04. The number of rotatable bonds is 5. The van der Waals surface area contributed by atoms with Gasteiger partial charge in [0, 0.05) is 13.1 Å². The molecule has 0 unspecified atom stereocenters. The number of nitrogens with zero attached hydrogens (tertiary/aromatic N) is 3. The molecule has 2 aromatic rings. The van der Waals surface area contributed by atoms with Gasteiger partial charge in [-0.15, -0.1) is 16.4 Å². The van der Waals surface area contributed by atoms with Crippen molar-refractivity contribution in [2.75, 3.05) is 12.8 Å². The van der Waals surface area contributed by atoms with Crippen LogP contribution in [0.1, 0.15) is 32.6 Å². The maximum Gasteiger partial charge on any atom is 0.233 e. The van der Waals surface area contributed by atoms with Crippen molar-refractivity contribution in [3.63, 3.8) is 0 Å². The lowest BCUT2D eigenvalue weighted by Gasteiger charge is -2.33. The molecule has 0 bridgehead atoms. The molecule has 0 radical (unpaired) electrons. The molecule has 1 aliphatic carbocycles. The number of thiophene rings is 1. The second-order valence-electron chi connectivity index (χ2n) is 6.15. The Balaban J connectivity index is 1.51. The number of H-pyrrole nitrogens is 1. The molecule has 1 fully saturated rings. The predicted octanol–water partition coefficient (Wildman–Crippen LogP) is 3.66. The van der Waals surface area contributed by atoms with Crippen LogP contribution >= 0.6 is 23.1 Å². The van der Waals surface area contributed by atoms with Crippen molar-refractivity contribution in [1.29, 1.82) is 0 Å². The highest BCUT2D eigenvalue weighted by Gasteiger charge is 2.24. The first-order valence-electron chi connectivity index (χ1n) is 7.98. The van der Waals surface area contributed by atoms with Gasteiger partial charge in [-0.3, -0.25) is 9.89 Å². The van der Waals surface area contributed by atoms with Gasteiger partial charge in [-0.05, 0) is 43.0 Å². The molecule has 0 atom stereocenters. The van der Waals surface area contributed by atoms with Crippen LogP contribution in [0.15, 0.2) is 22.7 Å². The highest BCUT2D eigenvalue weighted by Crippen LogP contribution is 2.27. The summed E-state index contributed by atoms with van der Waals surface area (Å²) in [4.78, 5) is 19.8. The molecular weight excluding hydrogens is 328 g/mol. The summed E-state index contributed by atoms with van der Waals surface area (Å²) in [6, 6.07) is 4.38. The zero-order valence-corrected chi connectivity index (χ0v) is 15.1. The Labute approximate surface area is 144 Å². The average Bonchev–Trinajstić information content (AvgIpc) is 3.23. The first-order valence-corrected chi connectivity index (χ1v) is 9.84. The number of amides is 1. The van der Waals surface area contributed by atoms with Crippen LogP contribution in [0.25, 0.3) is 10.7 Å². The fourth-order valence-corrected chi connectivity index (χ4v) is 4.28. The Morgan fingerprint density at radius 3 is 2.91 bits per heavy atom. The number of thioether (sulfide) groups is 1. The first kappa shape index (κ1) is 16.5. The number of aromatic nitrogens is 3. The van der Waals surface area contributed by atoms with E-state index in [0.717, 1.165) is 29.5 Å². The molecule has 2 heterocycles. The van der Waals surface area contributed by atoms with Crippen LogP contribution in [0.3, 0.4) is 0 Å². The SMILES string of the molecule is CC1CCC(N(C)C(=O)CSc2n[nH]c(-c3cccs3)n2)CC1. The summed E-state index contributed by atoms with van der Waals surface area (Å²) >= 11 is 3.02. The quantitative estimate of drug-likeness (QED) is 0.836. The minimum absolute atomic E-state index is 0.164. The lowest BCUT2D eigenvalue weighted by molar-refractivity contribution is -0.129. The fraction of sp³-hybridized carbons (Fsp3) is 0.562. The monoisotopic (exact) mass is 350 g/mol. The molecule has 5 nitrogen and oxygen atoms in total. The van der Waals surface area contributed by atoms with E-state index < -0.39 is 0 Å². The summed E-state index contributed by atoms with van der Waals surface area (Å²) in [5.41, 5.74) is 0. The van der Waals surface area contributed by atoms with Gasteiger partial charge in [-0.25, -0.2) is 4.98 Å². The standard InChI is InChI=1S/C16H22N4OS2/c1-11-5-7-12(8-6-11)20(2)14(21)10-23-16-17-15(18-19-16)13-4-3-9-22-13/h3-4,9,11-12H,5-8,10H2,1-2H3,(H,17,18,19). The van der Waals surface area contributed by atoms with E-state index in [0.29, 0.717) is 17.0 Å². The smallest absolute Gasteiger partial charge is 0.233 e. The van der Waals surface area contributed by atoms with E-state index in [1.807, 2.05) is 29.5 Å². The molecule has 7 heteroatoms. The molecule has 0 aromatic carbocycles. The zero-order chi connectivity index (χ0) is 16.2. The van der Waals surface area contributed by atoms with Gasteiger partial charge >= 0.3 is 0 Å². The van der Waals surface area contributed by atoms with Crippen LogP contribution in [0.5, 0.6) is 0 Å². The Morgan fingerprint density at radius 1 is 1.43 bits per heavy atom. The third kappa shape index (κ3) is 4.14. The van der Waals surface area contributed by atoms with Gasteiger partial charge in [0.2, 0.25) is 11.1 Å². The van der Waals surface area contributed by atoms with Crippen LogP contribution in [-0.2, 0) is 4.79 Å². The maximum atomic E-state index is 12.4. The maximum absolute atomic E-state index is 12.4. The van der Waals surface area contributed by atoms with Crippen molar-refractivity contribution in [3.05, 3.63) is 17.5 Å². The minimum atomic E-state index is 0.164. The lowest BCUT2D eigenvalue weighted by atomic mass is 9.87. The van der Waals surface area contributed by atoms with Gasteiger partial charge in [-0.2, -0.15) is 0 Å². The molecular formula is C16H22N4OS2. The molecule has 124 valence electrons. The molecule has 0 aliphatic heterocycles. The van der Waals surface area contributed by atoms with Gasteiger partial charge in [0.15, 0.2) is 5.82 Å². The van der Waals surface area contributed by atoms with Crippen LogP contribution in [0, 0.1) is 5.92 Å². The van der Waals surface area contributed by atoms with Crippen molar-refractivity contribution in [3.8, 4) is 10.7 Å². The first-order chi connectivity index (χ1) is 11.1. The Morgan fingerprint density at radius 2 is 2.22 bits per heavy atom. The summed E-state index contributed by atoms with van der Waals surface area (Å²) in [6.45, 7) is 2.29. The largest absolute Gasteiger partial charge is 0.342 e. The molecule has 2 aromatic heterocycles. The van der Waals surface area contributed by atoms with Gasteiger partial charge in [0.1, 0.15) is 0 Å². The van der Waals surface area contributed by atoms with Gasteiger partial charge in [0.25, 0.3) is 0 Å². The minimum Gasteiger partial charge on any atom is -0.342 e.